The molecule has 6 rings (SSSR count). The van der Waals surface area contributed by atoms with Gasteiger partial charge in [-0.2, -0.15) is 0 Å². The van der Waals surface area contributed by atoms with Crippen molar-refractivity contribution in [3.8, 4) is 5.75 Å². The van der Waals surface area contributed by atoms with Gasteiger partial charge in [-0.05, 0) is 68.4 Å². The van der Waals surface area contributed by atoms with Crippen molar-refractivity contribution < 1.29 is 14.3 Å². The summed E-state index contributed by atoms with van der Waals surface area (Å²) >= 11 is 0. The highest BCUT2D eigenvalue weighted by Gasteiger charge is 2.55. The fourth-order valence-corrected chi connectivity index (χ4v) is 5.94. The van der Waals surface area contributed by atoms with E-state index >= 15 is 0 Å². The summed E-state index contributed by atoms with van der Waals surface area (Å²) in [4.78, 5) is 17.1. The number of hydrogen-bond donors (Lipinski definition) is 0. The van der Waals surface area contributed by atoms with E-state index < -0.39 is 0 Å². The topological polar surface area (TPSA) is 47.9 Å². The third kappa shape index (κ3) is 2.42. The van der Waals surface area contributed by atoms with Crippen LogP contribution < -0.4 is 4.74 Å². The van der Waals surface area contributed by atoms with E-state index in [4.69, 9.17) is 9.47 Å². The predicted molar refractivity (Wildman–Crippen MR) is 95.1 cm³/mol. The molecule has 0 N–H and O–H groups in total. The standard InChI is InChI=1S/C21H23NO3/c1-24-18-5-3-2-4-16(18)9-17-19(23)25-20(22-17)21-10-13-6-14(11-21)8-15(7-13)12-21/h2-5,9,13-15H,6-8,10-12H2,1H3/b17-9-. The molecule has 4 bridgehead atoms. The Hall–Kier alpha value is -2.10. The van der Waals surface area contributed by atoms with E-state index in [-0.39, 0.29) is 11.4 Å². The lowest BCUT2D eigenvalue weighted by molar-refractivity contribution is -0.131. The molecule has 1 aliphatic heterocycles. The SMILES string of the molecule is COc1ccccc1/C=C1\N=C(C23CC4CC(CC(C4)C2)C3)OC1=O. The summed E-state index contributed by atoms with van der Waals surface area (Å²) in [6.07, 6.45) is 9.32. The largest absolute Gasteiger partial charge is 0.496 e. The minimum absolute atomic E-state index is 0.0147. The molecule has 4 saturated carbocycles. The van der Waals surface area contributed by atoms with Gasteiger partial charge in [-0.15, -0.1) is 0 Å². The zero-order valence-corrected chi connectivity index (χ0v) is 14.5. The lowest BCUT2D eigenvalue weighted by Crippen LogP contribution is -2.50. The van der Waals surface area contributed by atoms with Crippen molar-refractivity contribution in [1.82, 2.24) is 0 Å². The fraction of sp³-hybridized carbons (Fsp3) is 0.524. The second kappa shape index (κ2) is 5.45. The van der Waals surface area contributed by atoms with Gasteiger partial charge in [0.05, 0.1) is 7.11 Å². The Bertz CT molecular complexity index is 757. The Balaban J connectivity index is 1.49. The highest BCUT2D eigenvalue weighted by molar-refractivity contribution is 6.09. The molecule has 4 heteroatoms. The van der Waals surface area contributed by atoms with Crippen molar-refractivity contribution in [2.45, 2.75) is 38.5 Å². The highest BCUT2D eigenvalue weighted by atomic mass is 16.6. The van der Waals surface area contributed by atoms with Crippen LogP contribution in [-0.4, -0.2) is 19.0 Å². The molecule has 0 amide bonds. The number of carbonyl (C=O) groups is 1. The van der Waals surface area contributed by atoms with Gasteiger partial charge >= 0.3 is 5.97 Å². The lowest BCUT2D eigenvalue weighted by atomic mass is 9.49. The van der Waals surface area contributed by atoms with Gasteiger partial charge in [0.25, 0.3) is 0 Å². The molecular formula is C21H23NO3. The molecule has 5 aliphatic rings. The number of aliphatic imine (C=N–C) groups is 1. The Kier molecular flexibility index (Phi) is 3.31. The molecule has 0 radical (unpaired) electrons. The predicted octanol–water partition coefficient (Wildman–Crippen LogP) is 4.21. The van der Waals surface area contributed by atoms with Gasteiger partial charge in [0.15, 0.2) is 5.70 Å². The normalized spacial score (nSPS) is 37.3. The molecule has 4 nitrogen and oxygen atoms in total. The van der Waals surface area contributed by atoms with Crippen LogP contribution >= 0.6 is 0 Å². The van der Waals surface area contributed by atoms with E-state index in [0.717, 1.165) is 48.3 Å². The number of carbonyl (C=O) groups excluding carboxylic acids is 1. The Morgan fingerprint density at radius 3 is 2.40 bits per heavy atom. The Morgan fingerprint density at radius 1 is 1.12 bits per heavy atom. The van der Waals surface area contributed by atoms with Crippen LogP contribution in [0.25, 0.3) is 6.08 Å². The van der Waals surface area contributed by atoms with E-state index in [9.17, 15) is 4.79 Å². The van der Waals surface area contributed by atoms with Gasteiger partial charge in [-0.3, -0.25) is 0 Å². The fourth-order valence-electron chi connectivity index (χ4n) is 5.94. The molecule has 4 fully saturated rings. The number of cyclic esters (lactones) is 1. The van der Waals surface area contributed by atoms with Crippen LogP contribution in [0.2, 0.25) is 0 Å². The first-order valence-corrected chi connectivity index (χ1v) is 9.31. The maximum Gasteiger partial charge on any atom is 0.363 e. The maximum absolute atomic E-state index is 12.4. The summed E-state index contributed by atoms with van der Waals surface area (Å²) in [5, 5.41) is 0. The number of nitrogens with zero attached hydrogens (tertiary/aromatic N) is 1. The minimum atomic E-state index is -0.323. The highest BCUT2D eigenvalue weighted by Crippen LogP contribution is 2.61. The Morgan fingerprint density at radius 2 is 1.76 bits per heavy atom. The Labute approximate surface area is 147 Å². The number of rotatable bonds is 3. The summed E-state index contributed by atoms with van der Waals surface area (Å²) in [6.45, 7) is 0. The van der Waals surface area contributed by atoms with Gasteiger partial charge in [0.2, 0.25) is 5.90 Å². The van der Waals surface area contributed by atoms with Crippen molar-refractivity contribution in [3.05, 3.63) is 35.5 Å². The monoisotopic (exact) mass is 337 g/mol. The molecule has 0 atom stereocenters. The number of benzene rings is 1. The second-order valence-electron chi connectivity index (χ2n) is 8.28. The average Bonchev–Trinajstić information content (AvgIpc) is 2.96. The molecule has 0 saturated heterocycles. The van der Waals surface area contributed by atoms with Crippen molar-refractivity contribution in [1.29, 1.82) is 0 Å². The zero-order chi connectivity index (χ0) is 17.0. The van der Waals surface area contributed by atoms with Gasteiger partial charge in [0.1, 0.15) is 5.75 Å². The third-order valence-electron chi connectivity index (χ3n) is 6.54. The smallest absolute Gasteiger partial charge is 0.363 e. The maximum atomic E-state index is 12.4. The second-order valence-corrected chi connectivity index (χ2v) is 8.28. The molecule has 0 spiro atoms. The quantitative estimate of drug-likeness (QED) is 0.613. The number of para-hydroxylation sites is 1. The summed E-state index contributed by atoms with van der Waals surface area (Å²) in [6, 6.07) is 7.66. The van der Waals surface area contributed by atoms with Gasteiger partial charge in [0, 0.05) is 11.0 Å². The third-order valence-corrected chi connectivity index (χ3v) is 6.54. The summed E-state index contributed by atoms with van der Waals surface area (Å²) in [7, 11) is 1.63. The number of methoxy groups -OCH3 is 1. The van der Waals surface area contributed by atoms with Crippen LogP contribution in [0, 0.1) is 23.2 Å². The molecule has 130 valence electrons. The van der Waals surface area contributed by atoms with Gasteiger partial charge < -0.3 is 9.47 Å². The molecule has 0 unspecified atom stereocenters. The van der Waals surface area contributed by atoms with E-state index in [0.29, 0.717) is 11.6 Å². The summed E-state index contributed by atoms with van der Waals surface area (Å²) in [5.41, 5.74) is 1.27. The van der Waals surface area contributed by atoms with E-state index in [2.05, 4.69) is 4.99 Å². The minimum Gasteiger partial charge on any atom is -0.496 e. The molecule has 1 aromatic rings. The molecule has 1 aromatic carbocycles. The number of esters is 1. The van der Waals surface area contributed by atoms with Crippen molar-refractivity contribution in [2.24, 2.45) is 28.2 Å². The first-order valence-electron chi connectivity index (χ1n) is 9.31. The average molecular weight is 337 g/mol. The molecular weight excluding hydrogens is 314 g/mol. The van der Waals surface area contributed by atoms with Crippen LogP contribution in [0.1, 0.15) is 44.1 Å². The zero-order valence-electron chi connectivity index (χ0n) is 14.5. The molecule has 0 aromatic heterocycles. The molecule has 4 aliphatic carbocycles. The van der Waals surface area contributed by atoms with Crippen molar-refractivity contribution in [3.63, 3.8) is 0 Å². The number of ether oxygens (including phenoxy) is 2. The summed E-state index contributed by atoms with van der Waals surface area (Å²) < 4.78 is 11.1. The van der Waals surface area contributed by atoms with Gasteiger partial charge in [-0.1, -0.05) is 18.2 Å². The van der Waals surface area contributed by atoms with E-state index in [1.54, 1.807) is 13.2 Å². The van der Waals surface area contributed by atoms with Crippen LogP contribution in [0.3, 0.4) is 0 Å². The van der Waals surface area contributed by atoms with Crippen LogP contribution in [0.15, 0.2) is 35.0 Å². The first-order chi connectivity index (χ1) is 12.1. The molecule has 25 heavy (non-hydrogen) atoms. The van der Waals surface area contributed by atoms with Gasteiger partial charge in [-0.25, -0.2) is 9.79 Å². The van der Waals surface area contributed by atoms with Crippen molar-refractivity contribution >= 4 is 17.9 Å². The van der Waals surface area contributed by atoms with Crippen molar-refractivity contribution in [2.75, 3.05) is 7.11 Å². The van der Waals surface area contributed by atoms with Crippen LogP contribution in [-0.2, 0) is 9.53 Å². The molecule has 1 heterocycles. The number of hydrogen-bond acceptors (Lipinski definition) is 4. The van der Waals surface area contributed by atoms with Crippen LogP contribution in [0.4, 0.5) is 0 Å². The van der Waals surface area contributed by atoms with E-state index in [1.165, 1.54) is 19.3 Å². The lowest BCUT2D eigenvalue weighted by Gasteiger charge is -2.55. The summed E-state index contributed by atoms with van der Waals surface area (Å²) in [5.74, 6) is 3.51. The van der Waals surface area contributed by atoms with Crippen LogP contribution in [0.5, 0.6) is 5.75 Å². The van der Waals surface area contributed by atoms with E-state index in [1.807, 2.05) is 24.3 Å². The first kappa shape index (κ1) is 15.2.